The van der Waals surface area contributed by atoms with E-state index in [4.69, 9.17) is 5.73 Å². The van der Waals surface area contributed by atoms with E-state index in [1.807, 2.05) is 6.92 Å². The number of thiazole rings is 1. The predicted octanol–water partition coefficient (Wildman–Crippen LogP) is 3.65. The van der Waals surface area contributed by atoms with Crippen molar-refractivity contribution in [3.63, 3.8) is 0 Å². The van der Waals surface area contributed by atoms with Crippen LogP contribution in [0, 0.1) is 6.92 Å². The summed E-state index contributed by atoms with van der Waals surface area (Å²) in [5.41, 5.74) is 9.90. The van der Waals surface area contributed by atoms with Crippen molar-refractivity contribution in [2.75, 3.05) is 0 Å². The molecule has 0 saturated heterocycles. The number of benzene rings is 1. The molecular formula is C15H20N2S. The second-order valence-corrected chi connectivity index (χ2v) is 5.63. The molecule has 0 radical (unpaired) electrons. The minimum absolute atomic E-state index is 0.0474. The van der Waals surface area contributed by atoms with Gasteiger partial charge in [0, 0.05) is 23.5 Å². The molecule has 18 heavy (non-hydrogen) atoms. The van der Waals surface area contributed by atoms with Crippen LogP contribution >= 0.6 is 11.3 Å². The molecular weight excluding hydrogens is 240 g/mol. The van der Waals surface area contributed by atoms with Gasteiger partial charge in [-0.3, -0.25) is 0 Å². The van der Waals surface area contributed by atoms with Crippen LogP contribution in [0.3, 0.4) is 0 Å². The van der Waals surface area contributed by atoms with E-state index in [1.54, 1.807) is 11.3 Å². The smallest absolute Gasteiger partial charge is 0.0947 e. The third kappa shape index (κ3) is 3.40. The van der Waals surface area contributed by atoms with Crippen molar-refractivity contribution in [3.8, 4) is 0 Å². The molecule has 0 amide bonds. The molecule has 0 fully saturated rings. The zero-order valence-corrected chi connectivity index (χ0v) is 11.8. The Hall–Kier alpha value is -1.19. The summed E-state index contributed by atoms with van der Waals surface area (Å²) in [6.45, 7) is 4.22. The molecule has 2 N–H and O–H groups in total. The Balaban J connectivity index is 2.02. The van der Waals surface area contributed by atoms with Gasteiger partial charge in [-0.2, -0.15) is 0 Å². The predicted molar refractivity (Wildman–Crippen MR) is 77.9 cm³/mol. The van der Waals surface area contributed by atoms with Gasteiger partial charge in [-0.25, -0.2) is 4.98 Å². The summed E-state index contributed by atoms with van der Waals surface area (Å²) in [4.78, 5) is 4.46. The Bertz CT molecular complexity index is 487. The van der Waals surface area contributed by atoms with Crippen molar-refractivity contribution in [1.29, 1.82) is 0 Å². The van der Waals surface area contributed by atoms with Crippen molar-refractivity contribution >= 4 is 11.3 Å². The van der Waals surface area contributed by atoms with Gasteiger partial charge in [0.05, 0.1) is 5.01 Å². The van der Waals surface area contributed by atoms with Gasteiger partial charge >= 0.3 is 0 Å². The number of nitrogens with zero attached hydrogens (tertiary/aromatic N) is 1. The van der Waals surface area contributed by atoms with E-state index >= 15 is 0 Å². The van der Waals surface area contributed by atoms with Gasteiger partial charge in [-0.15, -0.1) is 11.3 Å². The van der Waals surface area contributed by atoms with Gasteiger partial charge in [0.25, 0.3) is 0 Å². The zero-order valence-electron chi connectivity index (χ0n) is 11.0. The molecule has 1 atom stereocenters. The molecule has 2 nitrogen and oxygen atoms in total. The SMILES string of the molecule is CCCc1ccc(C(N)Cc2nc(C)cs2)cc1. The van der Waals surface area contributed by atoms with Gasteiger partial charge in [-0.1, -0.05) is 37.6 Å². The van der Waals surface area contributed by atoms with Crippen LogP contribution in [-0.2, 0) is 12.8 Å². The summed E-state index contributed by atoms with van der Waals surface area (Å²) in [6.07, 6.45) is 3.15. The number of hydrogen-bond donors (Lipinski definition) is 1. The molecule has 0 aliphatic rings. The molecule has 96 valence electrons. The van der Waals surface area contributed by atoms with E-state index in [1.165, 1.54) is 17.5 Å². The van der Waals surface area contributed by atoms with Crippen LogP contribution in [0.5, 0.6) is 0 Å². The Morgan fingerprint density at radius 1 is 1.28 bits per heavy atom. The topological polar surface area (TPSA) is 38.9 Å². The van der Waals surface area contributed by atoms with E-state index in [9.17, 15) is 0 Å². The molecule has 0 spiro atoms. The molecule has 3 heteroatoms. The lowest BCUT2D eigenvalue weighted by molar-refractivity contribution is 0.716. The fourth-order valence-electron chi connectivity index (χ4n) is 2.02. The summed E-state index contributed by atoms with van der Waals surface area (Å²) in [7, 11) is 0. The average molecular weight is 260 g/mol. The normalized spacial score (nSPS) is 12.6. The summed E-state index contributed by atoms with van der Waals surface area (Å²) < 4.78 is 0. The number of hydrogen-bond acceptors (Lipinski definition) is 3. The minimum atomic E-state index is 0.0474. The molecule has 0 saturated carbocycles. The van der Waals surface area contributed by atoms with Gasteiger partial charge in [0.15, 0.2) is 0 Å². The molecule has 2 rings (SSSR count). The highest BCUT2D eigenvalue weighted by atomic mass is 32.1. The summed E-state index contributed by atoms with van der Waals surface area (Å²) >= 11 is 1.69. The molecule has 1 heterocycles. The van der Waals surface area contributed by atoms with Crippen LogP contribution in [0.2, 0.25) is 0 Å². The summed E-state index contributed by atoms with van der Waals surface area (Å²) in [5, 5.41) is 3.20. The molecule has 2 aromatic rings. The van der Waals surface area contributed by atoms with Crippen LogP contribution in [0.25, 0.3) is 0 Å². The molecule has 0 aliphatic heterocycles. The maximum absolute atomic E-state index is 6.23. The van der Waals surface area contributed by atoms with E-state index in [0.717, 1.165) is 23.5 Å². The van der Waals surface area contributed by atoms with Crippen LogP contribution in [-0.4, -0.2) is 4.98 Å². The fraction of sp³-hybridized carbons (Fsp3) is 0.400. The second-order valence-electron chi connectivity index (χ2n) is 4.68. The van der Waals surface area contributed by atoms with E-state index in [2.05, 4.69) is 41.6 Å². The van der Waals surface area contributed by atoms with Crippen LogP contribution in [0.1, 0.15) is 41.2 Å². The van der Waals surface area contributed by atoms with Crippen molar-refractivity contribution in [1.82, 2.24) is 4.98 Å². The van der Waals surface area contributed by atoms with Crippen molar-refractivity contribution in [2.24, 2.45) is 5.73 Å². The van der Waals surface area contributed by atoms with Gasteiger partial charge in [-0.05, 0) is 24.5 Å². The monoisotopic (exact) mass is 260 g/mol. The number of nitrogens with two attached hydrogens (primary N) is 1. The zero-order chi connectivity index (χ0) is 13.0. The van der Waals surface area contributed by atoms with Crippen LogP contribution in [0.15, 0.2) is 29.6 Å². The lowest BCUT2D eigenvalue weighted by atomic mass is 10.0. The first-order valence-corrected chi connectivity index (χ1v) is 7.32. The maximum Gasteiger partial charge on any atom is 0.0947 e. The van der Waals surface area contributed by atoms with E-state index < -0.39 is 0 Å². The van der Waals surface area contributed by atoms with Gasteiger partial charge in [0.1, 0.15) is 0 Å². The highest BCUT2D eigenvalue weighted by Gasteiger charge is 2.09. The third-order valence-corrected chi connectivity index (χ3v) is 4.00. The molecule has 0 aliphatic carbocycles. The van der Waals surface area contributed by atoms with Crippen molar-refractivity contribution < 1.29 is 0 Å². The Morgan fingerprint density at radius 2 is 2.00 bits per heavy atom. The highest BCUT2D eigenvalue weighted by Crippen LogP contribution is 2.19. The Morgan fingerprint density at radius 3 is 2.56 bits per heavy atom. The maximum atomic E-state index is 6.23. The average Bonchev–Trinajstić information content (AvgIpc) is 2.76. The first-order valence-electron chi connectivity index (χ1n) is 6.44. The fourth-order valence-corrected chi connectivity index (χ4v) is 2.85. The van der Waals surface area contributed by atoms with Crippen LogP contribution < -0.4 is 5.73 Å². The number of aryl methyl sites for hydroxylation is 2. The standard InChI is InChI=1S/C15H20N2S/c1-3-4-12-5-7-13(8-6-12)14(16)9-15-17-11(2)10-18-15/h5-8,10,14H,3-4,9,16H2,1-2H3. The lowest BCUT2D eigenvalue weighted by Crippen LogP contribution is -2.13. The highest BCUT2D eigenvalue weighted by molar-refractivity contribution is 7.09. The largest absolute Gasteiger partial charge is 0.324 e. The molecule has 1 aromatic carbocycles. The number of rotatable bonds is 5. The quantitative estimate of drug-likeness (QED) is 0.891. The molecule has 1 unspecified atom stereocenters. The van der Waals surface area contributed by atoms with Crippen molar-refractivity contribution in [2.45, 2.75) is 39.2 Å². The van der Waals surface area contributed by atoms with Gasteiger partial charge < -0.3 is 5.73 Å². The summed E-state index contributed by atoms with van der Waals surface area (Å²) in [5.74, 6) is 0. The first-order chi connectivity index (χ1) is 8.69. The van der Waals surface area contributed by atoms with E-state index in [0.29, 0.717) is 0 Å². The minimum Gasteiger partial charge on any atom is -0.324 e. The van der Waals surface area contributed by atoms with Crippen LogP contribution in [0.4, 0.5) is 0 Å². The third-order valence-electron chi connectivity index (χ3n) is 3.01. The Labute approximate surface area is 113 Å². The van der Waals surface area contributed by atoms with Crippen molar-refractivity contribution in [3.05, 3.63) is 51.5 Å². The van der Waals surface area contributed by atoms with Gasteiger partial charge in [0.2, 0.25) is 0 Å². The molecule has 1 aromatic heterocycles. The number of aromatic nitrogens is 1. The summed E-state index contributed by atoms with van der Waals surface area (Å²) in [6, 6.07) is 8.72. The van der Waals surface area contributed by atoms with E-state index in [-0.39, 0.29) is 6.04 Å². The Kier molecular flexibility index (Phi) is 4.50. The second kappa shape index (κ2) is 6.12. The molecule has 0 bridgehead atoms. The lowest BCUT2D eigenvalue weighted by Gasteiger charge is -2.11. The first kappa shape index (κ1) is 13.2.